The minimum absolute atomic E-state index is 0. The largest absolute Gasteiger partial charge is 2.00 e. The van der Waals surface area contributed by atoms with E-state index in [0.29, 0.717) is 0 Å². The molecular weight excluding hydrogens is 112 g/mol. The van der Waals surface area contributed by atoms with Crippen LogP contribution in [0.15, 0.2) is 0 Å². The van der Waals surface area contributed by atoms with Gasteiger partial charge in [0.25, 0.3) is 0 Å². The van der Waals surface area contributed by atoms with Gasteiger partial charge in [-0.15, -0.1) is 0 Å². The van der Waals surface area contributed by atoms with E-state index in [1.54, 1.807) is 0 Å². The summed E-state index contributed by atoms with van der Waals surface area (Å²) in [6, 6.07) is 0. The molecule has 0 aliphatic heterocycles. The molecule has 1 nitrogen and oxygen atoms in total. The van der Waals surface area contributed by atoms with Gasteiger partial charge in [-0.25, -0.2) is 0 Å². The number of thiol groups is 1. The summed E-state index contributed by atoms with van der Waals surface area (Å²) in [7, 11) is 0. The van der Waals surface area contributed by atoms with E-state index in [9.17, 15) is 0 Å². The molecule has 0 aromatic heterocycles. The Balaban J connectivity index is -0.00000000333. The van der Waals surface area contributed by atoms with Crippen LogP contribution in [0.25, 0.3) is 0 Å². The van der Waals surface area contributed by atoms with Crippen molar-refractivity contribution in [1.29, 1.82) is 0 Å². The zero-order chi connectivity index (χ0) is 2.71. The van der Waals surface area contributed by atoms with Gasteiger partial charge >= 0.3 is 37.7 Å². The monoisotopic (exact) mass is 122 g/mol. The van der Waals surface area contributed by atoms with Gasteiger partial charge in [-0.3, -0.25) is 0 Å². The van der Waals surface area contributed by atoms with Gasteiger partial charge in [-0.05, 0) is 5.75 Å². The van der Waals surface area contributed by atoms with Crippen molar-refractivity contribution in [3.63, 3.8) is 0 Å². The minimum atomic E-state index is 0. The summed E-state index contributed by atoms with van der Waals surface area (Å²) in [5.74, 6) is 0.944. The summed E-state index contributed by atoms with van der Waals surface area (Å²) in [6.45, 7) is 1.99. The molecule has 32 valence electrons. The normalized spacial score (nSPS) is 3.60. The molecule has 0 bridgehead atoms. The Bertz CT molecular complexity index is 15.7. The maximum atomic E-state index is 3.79. The van der Waals surface area contributed by atoms with Crippen molar-refractivity contribution in [1.82, 2.24) is 0 Å². The molecular formula is C2H10CaOS. The van der Waals surface area contributed by atoms with E-state index in [1.165, 1.54) is 0 Å². The third kappa shape index (κ3) is 28.8. The standard InChI is InChI=1S/C2H6S.Ca.H2O.2H/c1-2-3;;;;/h3H,2H2,1H3;;1H2;;/q;+2;;2*-1. The van der Waals surface area contributed by atoms with E-state index in [2.05, 4.69) is 12.6 Å². The molecule has 0 unspecified atom stereocenters. The fourth-order valence-electron chi connectivity index (χ4n) is 0. The van der Waals surface area contributed by atoms with Crippen molar-refractivity contribution < 1.29 is 8.33 Å². The zero-order valence-corrected chi connectivity index (χ0v) is 6.46. The first-order valence-electron chi connectivity index (χ1n) is 1.02. The molecule has 0 heterocycles. The van der Waals surface area contributed by atoms with Crippen LogP contribution in [-0.2, 0) is 0 Å². The molecule has 0 radical (unpaired) electrons. The number of hydrogen-bond donors (Lipinski definition) is 1. The molecule has 0 aromatic rings. The van der Waals surface area contributed by atoms with Gasteiger partial charge in [0.2, 0.25) is 0 Å². The van der Waals surface area contributed by atoms with Crippen molar-refractivity contribution in [2.45, 2.75) is 6.92 Å². The van der Waals surface area contributed by atoms with Gasteiger partial charge < -0.3 is 8.33 Å². The Morgan fingerprint density at radius 2 is 1.80 bits per heavy atom. The summed E-state index contributed by atoms with van der Waals surface area (Å²) in [4.78, 5) is 0. The van der Waals surface area contributed by atoms with E-state index < -0.39 is 0 Å². The van der Waals surface area contributed by atoms with Crippen LogP contribution in [0, 0.1) is 0 Å². The van der Waals surface area contributed by atoms with Gasteiger partial charge in [0.15, 0.2) is 0 Å². The fraction of sp³-hybridized carbons (Fsp3) is 1.00. The van der Waals surface area contributed by atoms with Crippen LogP contribution in [-0.4, -0.2) is 49.0 Å². The van der Waals surface area contributed by atoms with Crippen LogP contribution in [0.4, 0.5) is 0 Å². The SMILES string of the molecule is CCS.O.[Ca+2].[H-].[H-]. The molecule has 0 aliphatic carbocycles. The zero-order valence-electron chi connectivity index (χ0n) is 5.36. The van der Waals surface area contributed by atoms with Crippen LogP contribution < -0.4 is 0 Å². The van der Waals surface area contributed by atoms with Crippen LogP contribution >= 0.6 is 12.6 Å². The third-order valence-corrected chi connectivity index (χ3v) is 0. The molecule has 0 rings (SSSR count). The summed E-state index contributed by atoms with van der Waals surface area (Å²) in [5, 5.41) is 0. The van der Waals surface area contributed by atoms with Gasteiger partial charge in [-0.1, -0.05) is 6.92 Å². The summed E-state index contributed by atoms with van der Waals surface area (Å²) in [5.41, 5.74) is 0. The molecule has 0 spiro atoms. The molecule has 0 amide bonds. The van der Waals surface area contributed by atoms with Crippen LogP contribution in [0.1, 0.15) is 9.78 Å². The van der Waals surface area contributed by atoms with Crippen molar-refractivity contribution in [3.8, 4) is 0 Å². The predicted molar refractivity (Wildman–Crippen MR) is 31.1 cm³/mol. The van der Waals surface area contributed by atoms with E-state index in [-0.39, 0.29) is 46.1 Å². The predicted octanol–water partition coefficient (Wildman–Crippen LogP) is -0.0444. The average molecular weight is 122 g/mol. The maximum absolute atomic E-state index is 3.79. The van der Waals surface area contributed by atoms with Crippen LogP contribution in [0.2, 0.25) is 0 Å². The van der Waals surface area contributed by atoms with E-state index >= 15 is 0 Å². The maximum Gasteiger partial charge on any atom is 2.00 e. The molecule has 0 aromatic carbocycles. The second-order valence-corrected chi connectivity index (χ2v) is 0.949. The van der Waals surface area contributed by atoms with E-state index in [0.717, 1.165) is 5.75 Å². The molecule has 5 heavy (non-hydrogen) atoms. The van der Waals surface area contributed by atoms with Gasteiger partial charge in [-0.2, -0.15) is 12.6 Å². The Hall–Kier alpha value is 1.57. The Morgan fingerprint density at radius 3 is 1.80 bits per heavy atom. The van der Waals surface area contributed by atoms with Crippen LogP contribution in [0.3, 0.4) is 0 Å². The third-order valence-electron chi connectivity index (χ3n) is 0. The fourth-order valence-corrected chi connectivity index (χ4v) is 0. The van der Waals surface area contributed by atoms with Crippen LogP contribution in [0.5, 0.6) is 0 Å². The topological polar surface area (TPSA) is 31.5 Å². The molecule has 0 atom stereocenters. The second kappa shape index (κ2) is 17.6. The van der Waals surface area contributed by atoms with Gasteiger partial charge in [0.1, 0.15) is 0 Å². The van der Waals surface area contributed by atoms with E-state index in [1.807, 2.05) is 6.92 Å². The summed E-state index contributed by atoms with van der Waals surface area (Å²) in [6.07, 6.45) is 0. The molecule has 2 N–H and O–H groups in total. The quantitative estimate of drug-likeness (QED) is 0.345. The smallest absolute Gasteiger partial charge is 1.00 e. The number of hydrogen-bond acceptors (Lipinski definition) is 1. The Morgan fingerprint density at radius 1 is 1.80 bits per heavy atom. The second-order valence-electron chi connectivity index (χ2n) is 0.316. The van der Waals surface area contributed by atoms with Crippen molar-refractivity contribution in [2.75, 3.05) is 5.75 Å². The first-order chi connectivity index (χ1) is 1.41. The molecule has 0 aliphatic rings. The first-order valence-corrected chi connectivity index (χ1v) is 1.66. The summed E-state index contributed by atoms with van der Waals surface area (Å²) >= 11 is 3.79. The van der Waals surface area contributed by atoms with E-state index in [4.69, 9.17) is 0 Å². The molecule has 0 fully saturated rings. The van der Waals surface area contributed by atoms with Crippen molar-refractivity contribution in [3.05, 3.63) is 0 Å². The van der Waals surface area contributed by atoms with Gasteiger partial charge in [0, 0.05) is 0 Å². The van der Waals surface area contributed by atoms with Crippen molar-refractivity contribution >= 4 is 50.4 Å². The van der Waals surface area contributed by atoms with Gasteiger partial charge in [0.05, 0.1) is 0 Å². The first kappa shape index (κ1) is 16.0. The molecule has 0 saturated carbocycles. The van der Waals surface area contributed by atoms with Crippen molar-refractivity contribution in [2.24, 2.45) is 0 Å². The average Bonchev–Trinajstić information content (AvgIpc) is 0.918. The molecule has 0 saturated heterocycles. The summed E-state index contributed by atoms with van der Waals surface area (Å²) < 4.78 is 0. The minimum Gasteiger partial charge on any atom is -1.00 e. The Labute approximate surface area is 70.8 Å². The Kier molecular flexibility index (Phi) is 56.3. The molecule has 3 heteroatoms. The number of rotatable bonds is 0.